The fourth-order valence-electron chi connectivity index (χ4n) is 3.70. The smallest absolute Gasteiger partial charge is 0.0566 e. The highest BCUT2D eigenvalue weighted by atomic mass is 32.2. The summed E-state index contributed by atoms with van der Waals surface area (Å²) in [7, 11) is 0. The molecule has 1 aliphatic heterocycles. The number of fused-ring (bicyclic) bond motifs is 2. The van der Waals surface area contributed by atoms with Gasteiger partial charge in [-0.3, -0.25) is 0 Å². The number of thioether (sulfide) groups is 1. The minimum absolute atomic E-state index is 0.809. The van der Waals surface area contributed by atoms with Crippen molar-refractivity contribution in [1.29, 1.82) is 0 Å². The zero-order chi connectivity index (χ0) is 9.54. The van der Waals surface area contributed by atoms with Crippen LogP contribution >= 0.6 is 11.8 Å². The van der Waals surface area contributed by atoms with Crippen LogP contribution in [0, 0.1) is 17.8 Å². The molecule has 3 rings (SSSR count). The summed E-state index contributed by atoms with van der Waals surface area (Å²) in [4.78, 5) is 0. The van der Waals surface area contributed by atoms with E-state index in [0.717, 1.165) is 29.2 Å². The molecule has 3 fully saturated rings. The Hall–Kier alpha value is 0.310. The van der Waals surface area contributed by atoms with E-state index in [1.165, 1.54) is 31.4 Å². The van der Waals surface area contributed by atoms with Crippen LogP contribution in [-0.4, -0.2) is 17.2 Å². The highest BCUT2D eigenvalue weighted by molar-refractivity contribution is 8.00. The normalized spacial score (nSPS) is 51.6. The van der Waals surface area contributed by atoms with Crippen molar-refractivity contribution in [3.63, 3.8) is 0 Å². The van der Waals surface area contributed by atoms with Gasteiger partial charge in [-0.15, -0.1) is 11.8 Å². The number of rotatable bonds is 2. The van der Waals surface area contributed by atoms with Crippen molar-refractivity contribution < 1.29 is 0 Å². The summed E-state index contributed by atoms with van der Waals surface area (Å²) in [6.45, 7) is 2.31. The van der Waals surface area contributed by atoms with Gasteiger partial charge in [0, 0.05) is 11.8 Å². The van der Waals surface area contributed by atoms with Gasteiger partial charge < -0.3 is 5.32 Å². The van der Waals surface area contributed by atoms with Crippen molar-refractivity contribution in [2.45, 2.75) is 50.4 Å². The van der Waals surface area contributed by atoms with E-state index >= 15 is 0 Å². The maximum absolute atomic E-state index is 3.83. The molecule has 80 valence electrons. The van der Waals surface area contributed by atoms with Crippen molar-refractivity contribution in [3.05, 3.63) is 0 Å². The van der Waals surface area contributed by atoms with Gasteiger partial charge in [0.05, 0.1) is 5.37 Å². The molecule has 2 bridgehead atoms. The lowest BCUT2D eigenvalue weighted by Crippen LogP contribution is -2.36. The largest absolute Gasteiger partial charge is 0.301 e. The van der Waals surface area contributed by atoms with Gasteiger partial charge >= 0.3 is 0 Å². The summed E-state index contributed by atoms with van der Waals surface area (Å²) in [5, 5.41) is 4.65. The molecule has 0 amide bonds. The maximum Gasteiger partial charge on any atom is 0.0566 e. The first-order valence-corrected chi connectivity index (χ1v) is 7.29. The van der Waals surface area contributed by atoms with Gasteiger partial charge in [-0.25, -0.2) is 0 Å². The third-order valence-electron chi connectivity index (χ3n) is 4.55. The number of hydrogen-bond acceptors (Lipinski definition) is 2. The Morgan fingerprint density at radius 3 is 2.79 bits per heavy atom. The summed E-state index contributed by atoms with van der Waals surface area (Å²) in [5.74, 6) is 4.57. The van der Waals surface area contributed by atoms with E-state index in [0.29, 0.717) is 0 Å². The standard InChI is InChI=1S/C12H21NS/c1-2-10-7-14-12(13-10)11-6-8-3-4-9(11)5-8/h8-13H,2-7H2,1H3. The zero-order valence-corrected chi connectivity index (χ0v) is 9.85. The molecule has 3 aliphatic rings. The molecule has 0 aromatic carbocycles. The van der Waals surface area contributed by atoms with E-state index in [-0.39, 0.29) is 0 Å². The van der Waals surface area contributed by atoms with Crippen LogP contribution in [0.2, 0.25) is 0 Å². The molecule has 1 heterocycles. The van der Waals surface area contributed by atoms with Crippen molar-refractivity contribution in [2.75, 3.05) is 5.75 Å². The van der Waals surface area contributed by atoms with Gasteiger partial charge in [0.15, 0.2) is 0 Å². The average molecular weight is 211 g/mol. The first-order chi connectivity index (χ1) is 6.86. The predicted molar refractivity (Wildman–Crippen MR) is 62.4 cm³/mol. The van der Waals surface area contributed by atoms with E-state index in [4.69, 9.17) is 0 Å². The van der Waals surface area contributed by atoms with Gasteiger partial charge in [-0.05, 0) is 43.4 Å². The Morgan fingerprint density at radius 2 is 2.21 bits per heavy atom. The van der Waals surface area contributed by atoms with Gasteiger partial charge in [0.1, 0.15) is 0 Å². The van der Waals surface area contributed by atoms with Crippen LogP contribution in [-0.2, 0) is 0 Å². The highest BCUT2D eigenvalue weighted by Gasteiger charge is 2.44. The van der Waals surface area contributed by atoms with Crippen LogP contribution in [0.3, 0.4) is 0 Å². The van der Waals surface area contributed by atoms with Gasteiger partial charge in [0.2, 0.25) is 0 Å². The SMILES string of the molecule is CCC1CSC(C2CC3CCC2C3)N1. The summed E-state index contributed by atoms with van der Waals surface area (Å²) >= 11 is 2.20. The van der Waals surface area contributed by atoms with Crippen molar-refractivity contribution >= 4 is 11.8 Å². The quantitative estimate of drug-likeness (QED) is 0.754. The third-order valence-corrected chi connectivity index (χ3v) is 5.99. The summed E-state index contributed by atoms with van der Waals surface area (Å²) < 4.78 is 0. The maximum atomic E-state index is 3.83. The van der Waals surface area contributed by atoms with Crippen LogP contribution in [0.15, 0.2) is 0 Å². The molecule has 2 aliphatic carbocycles. The Balaban J connectivity index is 1.62. The summed E-state index contributed by atoms with van der Waals surface area (Å²) in [5.41, 5.74) is 0. The lowest BCUT2D eigenvalue weighted by molar-refractivity contribution is 0.297. The Bertz CT molecular complexity index is 218. The van der Waals surface area contributed by atoms with Crippen LogP contribution in [0.1, 0.15) is 39.0 Å². The second-order valence-corrected chi connectivity index (χ2v) is 6.54. The second-order valence-electron chi connectivity index (χ2n) is 5.36. The molecule has 5 unspecified atom stereocenters. The van der Waals surface area contributed by atoms with Gasteiger partial charge in [-0.2, -0.15) is 0 Å². The minimum Gasteiger partial charge on any atom is -0.301 e. The Kier molecular flexibility index (Phi) is 2.53. The Labute approximate surface area is 91.4 Å². The summed E-state index contributed by atoms with van der Waals surface area (Å²) in [6, 6.07) is 0.809. The molecule has 14 heavy (non-hydrogen) atoms. The molecule has 1 saturated heterocycles. The highest BCUT2D eigenvalue weighted by Crippen LogP contribution is 2.51. The summed E-state index contributed by atoms with van der Waals surface area (Å²) in [6.07, 6.45) is 7.47. The van der Waals surface area contributed by atoms with E-state index in [9.17, 15) is 0 Å². The zero-order valence-electron chi connectivity index (χ0n) is 9.04. The van der Waals surface area contributed by atoms with Crippen LogP contribution < -0.4 is 5.32 Å². The van der Waals surface area contributed by atoms with Crippen molar-refractivity contribution in [3.8, 4) is 0 Å². The van der Waals surface area contributed by atoms with Crippen LogP contribution in [0.25, 0.3) is 0 Å². The van der Waals surface area contributed by atoms with Crippen LogP contribution in [0.4, 0.5) is 0 Å². The van der Waals surface area contributed by atoms with Gasteiger partial charge in [-0.1, -0.05) is 13.3 Å². The molecule has 1 N–H and O–H groups in total. The van der Waals surface area contributed by atoms with Crippen molar-refractivity contribution in [1.82, 2.24) is 5.32 Å². The molecular weight excluding hydrogens is 190 g/mol. The Morgan fingerprint density at radius 1 is 1.29 bits per heavy atom. The van der Waals surface area contributed by atoms with E-state index in [2.05, 4.69) is 24.0 Å². The fourth-order valence-corrected chi connectivity index (χ4v) is 5.34. The predicted octanol–water partition coefficient (Wildman–Crippen LogP) is 2.86. The lowest BCUT2D eigenvalue weighted by Gasteiger charge is -2.27. The molecule has 2 saturated carbocycles. The molecule has 0 radical (unpaired) electrons. The van der Waals surface area contributed by atoms with E-state index in [1.54, 1.807) is 6.42 Å². The molecule has 0 aromatic heterocycles. The molecule has 2 heteroatoms. The van der Waals surface area contributed by atoms with Gasteiger partial charge in [0.25, 0.3) is 0 Å². The van der Waals surface area contributed by atoms with Crippen molar-refractivity contribution in [2.24, 2.45) is 17.8 Å². The number of nitrogens with one attached hydrogen (secondary N) is 1. The molecule has 0 spiro atoms. The lowest BCUT2D eigenvalue weighted by atomic mass is 9.88. The molecule has 5 atom stereocenters. The first-order valence-electron chi connectivity index (χ1n) is 6.24. The topological polar surface area (TPSA) is 12.0 Å². The third kappa shape index (κ3) is 1.51. The molecular formula is C12H21NS. The fraction of sp³-hybridized carbons (Fsp3) is 1.00. The first kappa shape index (κ1) is 9.53. The minimum atomic E-state index is 0.809. The van der Waals surface area contributed by atoms with E-state index in [1.807, 2.05) is 0 Å². The molecule has 0 aromatic rings. The van der Waals surface area contributed by atoms with Crippen LogP contribution in [0.5, 0.6) is 0 Å². The van der Waals surface area contributed by atoms with E-state index < -0.39 is 0 Å². The number of hydrogen-bond donors (Lipinski definition) is 1. The molecule has 1 nitrogen and oxygen atoms in total. The monoisotopic (exact) mass is 211 g/mol. The second kappa shape index (κ2) is 3.71. The average Bonchev–Trinajstić information content (AvgIpc) is 2.93.